The summed E-state index contributed by atoms with van der Waals surface area (Å²) in [6.07, 6.45) is 7.44. The summed E-state index contributed by atoms with van der Waals surface area (Å²) in [6, 6.07) is 0. The van der Waals surface area contributed by atoms with Crippen molar-refractivity contribution in [1.29, 1.82) is 0 Å². The first-order valence-corrected chi connectivity index (χ1v) is 9.55. The van der Waals surface area contributed by atoms with Crippen molar-refractivity contribution in [2.75, 3.05) is 11.5 Å². The molecule has 0 aromatic rings. The molecule has 0 saturated heterocycles. The molecule has 17 heavy (non-hydrogen) atoms. The van der Waals surface area contributed by atoms with Crippen LogP contribution in [0, 0.1) is 0 Å². The highest BCUT2D eigenvalue weighted by atomic mass is 35.6. The number of unbranched alkanes of at least 4 members (excludes halogenated alkanes) is 4. The van der Waals surface area contributed by atoms with Gasteiger partial charge >= 0.3 is 0 Å². The second kappa shape index (κ2) is 11.4. The number of thioether (sulfide) groups is 2. The second-order valence-corrected chi connectivity index (χ2v) is 9.12. The van der Waals surface area contributed by atoms with Gasteiger partial charge in [-0.2, -0.15) is 0 Å². The van der Waals surface area contributed by atoms with Gasteiger partial charge in [-0.3, -0.25) is 0 Å². The highest BCUT2D eigenvalue weighted by Crippen LogP contribution is 2.44. The average molecular weight is 338 g/mol. The minimum Gasteiger partial charge on any atom is -0.143 e. The van der Waals surface area contributed by atoms with Crippen LogP contribution in [0.5, 0.6) is 0 Å². The zero-order chi connectivity index (χ0) is 13.1. The first-order chi connectivity index (χ1) is 8.02. The fraction of sp³-hybridized carbons (Fsp3) is 1.00. The van der Waals surface area contributed by atoms with Crippen LogP contribution in [0.2, 0.25) is 0 Å². The van der Waals surface area contributed by atoms with Crippen LogP contribution in [-0.4, -0.2) is 19.9 Å². The van der Waals surface area contributed by atoms with Crippen molar-refractivity contribution in [2.24, 2.45) is 0 Å². The molecule has 104 valence electrons. The summed E-state index contributed by atoms with van der Waals surface area (Å²) in [5.41, 5.74) is 0. The Labute approximate surface area is 130 Å². The van der Waals surface area contributed by atoms with Crippen LogP contribution in [0.1, 0.15) is 52.4 Å². The maximum atomic E-state index is 6.01. The SMILES string of the molecule is CCCCCSC(SCCCCC)C(Cl)(Cl)Cl. The predicted molar refractivity (Wildman–Crippen MR) is 88.0 cm³/mol. The highest BCUT2D eigenvalue weighted by Gasteiger charge is 2.32. The molecule has 0 aromatic carbocycles. The third-order valence-corrected chi connectivity index (χ3v) is 6.91. The fourth-order valence-electron chi connectivity index (χ4n) is 1.32. The van der Waals surface area contributed by atoms with E-state index < -0.39 is 3.79 Å². The summed E-state index contributed by atoms with van der Waals surface area (Å²) in [7, 11) is 0. The molecular formula is C12H23Cl3S2. The minimum absolute atomic E-state index is 0.0706. The molecule has 0 heterocycles. The van der Waals surface area contributed by atoms with Crippen molar-refractivity contribution in [2.45, 2.75) is 60.7 Å². The molecule has 0 aliphatic rings. The van der Waals surface area contributed by atoms with Crippen molar-refractivity contribution in [3.8, 4) is 0 Å². The van der Waals surface area contributed by atoms with Gasteiger partial charge in [-0.05, 0) is 24.3 Å². The van der Waals surface area contributed by atoms with Crippen molar-refractivity contribution in [1.82, 2.24) is 0 Å². The van der Waals surface area contributed by atoms with Crippen molar-refractivity contribution < 1.29 is 0 Å². The Morgan fingerprint density at radius 3 is 1.53 bits per heavy atom. The van der Waals surface area contributed by atoms with Gasteiger partial charge in [0.05, 0.1) is 4.58 Å². The third-order valence-electron chi connectivity index (χ3n) is 2.30. The Morgan fingerprint density at radius 1 is 0.824 bits per heavy atom. The van der Waals surface area contributed by atoms with E-state index in [0.29, 0.717) is 0 Å². The van der Waals surface area contributed by atoms with Gasteiger partial charge in [0.2, 0.25) is 3.79 Å². The van der Waals surface area contributed by atoms with Gasteiger partial charge in [-0.25, -0.2) is 0 Å². The molecule has 5 heteroatoms. The summed E-state index contributed by atoms with van der Waals surface area (Å²) in [5.74, 6) is 2.18. The summed E-state index contributed by atoms with van der Waals surface area (Å²) < 4.78 is -1.07. The smallest absolute Gasteiger partial charge is 0.143 e. The molecule has 0 fully saturated rings. The standard InChI is InChI=1S/C12H23Cl3S2/c1-3-5-7-9-16-11(12(13,14)15)17-10-8-6-4-2/h11H,3-10H2,1-2H3. The molecule has 0 aromatic heterocycles. The van der Waals surface area contributed by atoms with E-state index in [9.17, 15) is 0 Å². The molecule has 0 saturated carbocycles. The van der Waals surface area contributed by atoms with Crippen molar-refractivity contribution >= 4 is 58.3 Å². The van der Waals surface area contributed by atoms with Crippen LogP contribution in [0.25, 0.3) is 0 Å². The normalized spacial score (nSPS) is 12.4. The first kappa shape index (κ1) is 18.6. The fourth-order valence-corrected chi connectivity index (χ4v) is 4.97. The lowest BCUT2D eigenvalue weighted by molar-refractivity contribution is 0.776. The summed E-state index contributed by atoms with van der Waals surface area (Å²) in [4.78, 5) is 0. The third kappa shape index (κ3) is 11.1. The number of hydrogen-bond donors (Lipinski definition) is 0. The molecule has 0 N–H and O–H groups in total. The largest absolute Gasteiger partial charge is 0.211 e. The Bertz CT molecular complexity index is 160. The molecule has 0 nitrogen and oxygen atoms in total. The number of halogens is 3. The summed E-state index contributed by atoms with van der Waals surface area (Å²) in [5, 5.41) is 0. The lowest BCUT2D eigenvalue weighted by Crippen LogP contribution is -2.19. The molecule has 0 rings (SSSR count). The maximum Gasteiger partial charge on any atom is 0.211 e. The van der Waals surface area contributed by atoms with E-state index in [1.165, 1.54) is 38.5 Å². The lowest BCUT2D eigenvalue weighted by atomic mass is 10.3. The first-order valence-electron chi connectivity index (χ1n) is 6.32. The maximum absolute atomic E-state index is 6.01. The van der Waals surface area contributed by atoms with Crippen LogP contribution in [-0.2, 0) is 0 Å². The number of hydrogen-bond acceptors (Lipinski definition) is 2. The van der Waals surface area contributed by atoms with E-state index in [4.69, 9.17) is 34.8 Å². The van der Waals surface area contributed by atoms with Crippen molar-refractivity contribution in [3.63, 3.8) is 0 Å². The minimum atomic E-state index is -1.15. The molecule has 0 spiro atoms. The van der Waals surface area contributed by atoms with E-state index in [1.807, 2.05) is 0 Å². The Kier molecular flexibility index (Phi) is 12.5. The van der Waals surface area contributed by atoms with Crippen LogP contribution in [0.15, 0.2) is 0 Å². The zero-order valence-corrected chi connectivity index (χ0v) is 14.6. The van der Waals surface area contributed by atoms with Gasteiger partial charge < -0.3 is 0 Å². The molecule has 0 amide bonds. The zero-order valence-electron chi connectivity index (χ0n) is 10.7. The van der Waals surface area contributed by atoms with Gasteiger partial charge in [-0.15, -0.1) is 23.5 Å². The van der Waals surface area contributed by atoms with Gasteiger partial charge in [0.15, 0.2) is 0 Å². The molecular weight excluding hydrogens is 315 g/mol. The van der Waals surface area contributed by atoms with E-state index in [1.54, 1.807) is 23.5 Å². The Balaban J connectivity index is 3.81. The Morgan fingerprint density at radius 2 is 1.24 bits per heavy atom. The van der Waals surface area contributed by atoms with Crippen LogP contribution < -0.4 is 0 Å². The van der Waals surface area contributed by atoms with Gasteiger partial charge in [0.1, 0.15) is 0 Å². The molecule has 0 bridgehead atoms. The molecule has 0 aliphatic heterocycles. The second-order valence-electron chi connectivity index (χ2n) is 4.03. The Hall–Kier alpha value is 1.57. The van der Waals surface area contributed by atoms with Gasteiger partial charge in [0, 0.05) is 0 Å². The number of alkyl halides is 3. The molecule has 0 aliphatic carbocycles. The molecule has 0 unspecified atom stereocenters. The van der Waals surface area contributed by atoms with Crippen LogP contribution in [0.4, 0.5) is 0 Å². The highest BCUT2D eigenvalue weighted by molar-refractivity contribution is 8.17. The van der Waals surface area contributed by atoms with Crippen LogP contribution >= 0.6 is 58.3 Å². The topological polar surface area (TPSA) is 0 Å². The lowest BCUT2D eigenvalue weighted by Gasteiger charge is -2.23. The van der Waals surface area contributed by atoms with Gasteiger partial charge in [-0.1, -0.05) is 74.3 Å². The summed E-state index contributed by atoms with van der Waals surface area (Å²) >= 11 is 21.6. The molecule has 0 atom stereocenters. The van der Waals surface area contributed by atoms with E-state index >= 15 is 0 Å². The van der Waals surface area contributed by atoms with Crippen LogP contribution in [0.3, 0.4) is 0 Å². The van der Waals surface area contributed by atoms with Gasteiger partial charge in [0.25, 0.3) is 0 Å². The predicted octanol–water partition coefficient (Wildman–Crippen LogP) is 6.53. The number of rotatable bonds is 10. The monoisotopic (exact) mass is 336 g/mol. The van der Waals surface area contributed by atoms with E-state index in [-0.39, 0.29) is 4.58 Å². The van der Waals surface area contributed by atoms with E-state index in [0.717, 1.165) is 11.5 Å². The summed E-state index contributed by atoms with van der Waals surface area (Å²) in [6.45, 7) is 4.41. The quantitative estimate of drug-likeness (QED) is 0.252. The molecule has 0 radical (unpaired) electrons. The van der Waals surface area contributed by atoms with E-state index in [2.05, 4.69) is 13.8 Å². The average Bonchev–Trinajstić information content (AvgIpc) is 2.25. The van der Waals surface area contributed by atoms with Crippen molar-refractivity contribution in [3.05, 3.63) is 0 Å².